The van der Waals surface area contributed by atoms with E-state index in [9.17, 15) is 13.7 Å². The van der Waals surface area contributed by atoms with Gasteiger partial charge in [-0.2, -0.15) is 5.54 Å². The van der Waals surface area contributed by atoms with Gasteiger partial charge >= 0.3 is 0 Å². The Bertz CT molecular complexity index is 622. The third-order valence-electron chi connectivity index (χ3n) is 2.32. The molecule has 0 radical (unpaired) electrons. The molecule has 0 fully saturated rings. The first-order valence-corrected chi connectivity index (χ1v) is 5.57. The molecule has 0 bridgehead atoms. The zero-order valence-electron chi connectivity index (χ0n) is 9.45. The van der Waals surface area contributed by atoms with Crippen LogP contribution in [0.25, 0.3) is 0 Å². The summed E-state index contributed by atoms with van der Waals surface area (Å²) in [5.41, 5.74) is 1.47. The van der Waals surface area contributed by atoms with Gasteiger partial charge in [0.15, 0.2) is 0 Å². The molecule has 0 saturated carbocycles. The first kappa shape index (κ1) is 13.2. The second-order valence-corrected chi connectivity index (χ2v) is 3.98. The predicted molar refractivity (Wildman–Crippen MR) is 67.5 cm³/mol. The number of pyridine rings is 1. The average molecular weight is 284 g/mol. The van der Waals surface area contributed by atoms with Crippen LogP contribution in [0, 0.1) is 5.82 Å². The van der Waals surface area contributed by atoms with Gasteiger partial charge in [0.25, 0.3) is 5.91 Å². The quantitative estimate of drug-likeness (QED) is 0.850. The monoisotopic (exact) mass is 283 g/mol. The zero-order valence-corrected chi connectivity index (χ0v) is 10.2. The smallest absolute Gasteiger partial charge is 0.282 e. The van der Waals surface area contributed by atoms with Gasteiger partial charge in [0.05, 0.1) is 10.6 Å². The molecule has 0 aliphatic carbocycles. The van der Waals surface area contributed by atoms with Crippen molar-refractivity contribution < 1.29 is 13.7 Å². The van der Waals surface area contributed by atoms with E-state index < -0.39 is 11.7 Å². The number of rotatable bonds is 3. The van der Waals surface area contributed by atoms with E-state index >= 15 is 0 Å². The van der Waals surface area contributed by atoms with Crippen LogP contribution in [0.4, 0.5) is 20.4 Å². The van der Waals surface area contributed by atoms with Crippen LogP contribution in [0.5, 0.6) is 0 Å². The Morgan fingerprint density at radius 1 is 1.32 bits per heavy atom. The maximum Gasteiger partial charge on any atom is 0.282 e. The summed E-state index contributed by atoms with van der Waals surface area (Å²) in [4.78, 5) is 15.2. The molecule has 19 heavy (non-hydrogen) atoms. The first-order valence-electron chi connectivity index (χ1n) is 5.20. The van der Waals surface area contributed by atoms with Crippen molar-refractivity contribution in [2.45, 2.75) is 0 Å². The van der Waals surface area contributed by atoms with E-state index in [0.29, 0.717) is 5.69 Å². The van der Waals surface area contributed by atoms with Gasteiger partial charge in [0.1, 0.15) is 11.6 Å². The number of amides is 1. The summed E-state index contributed by atoms with van der Waals surface area (Å²) in [6, 6.07) is 6.82. The highest BCUT2D eigenvalue weighted by Gasteiger charge is 2.12. The number of nitrogens with one attached hydrogen (secondary N) is 2. The molecule has 7 heteroatoms. The van der Waals surface area contributed by atoms with E-state index in [0.717, 1.165) is 5.54 Å². The zero-order chi connectivity index (χ0) is 13.8. The highest BCUT2D eigenvalue weighted by atomic mass is 35.5. The van der Waals surface area contributed by atoms with E-state index in [-0.39, 0.29) is 16.4 Å². The second-order valence-electron chi connectivity index (χ2n) is 3.58. The minimum absolute atomic E-state index is 0.0189. The van der Waals surface area contributed by atoms with Crippen molar-refractivity contribution in [1.82, 2.24) is 10.5 Å². The molecule has 0 saturated heterocycles. The fourth-order valence-corrected chi connectivity index (χ4v) is 1.63. The van der Waals surface area contributed by atoms with Crippen LogP contribution in [0.2, 0.25) is 5.02 Å². The van der Waals surface area contributed by atoms with E-state index in [1.165, 1.54) is 36.5 Å². The number of carbonyl (C=O) groups is 1. The Hall–Kier alpha value is -2.21. The summed E-state index contributed by atoms with van der Waals surface area (Å²) in [6.07, 6.45) is 1.43. The fourth-order valence-electron chi connectivity index (χ4n) is 1.45. The molecule has 1 aromatic carbocycles. The Labute approximate surface area is 112 Å². The molecule has 0 aliphatic rings. The molecule has 2 aromatic rings. The lowest BCUT2D eigenvalue weighted by molar-refractivity contribution is 0.0860. The number of hydrogen-bond donors (Lipinski definition) is 2. The number of halogens is 3. The Kier molecular flexibility index (Phi) is 3.91. The summed E-state index contributed by atoms with van der Waals surface area (Å²) >= 11 is 5.63. The number of anilines is 2. The lowest BCUT2D eigenvalue weighted by atomic mass is 10.2. The van der Waals surface area contributed by atoms with Crippen LogP contribution in [-0.4, -0.2) is 10.9 Å². The highest BCUT2D eigenvalue weighted by Crippen LogP contribution is 2.23. The molecule has 0 spiro atoms. The molecule has 4 nitrogen and oxygen atoms in total. The van der Waals surface area contributed by atoms with Crippen LogP contribution >= 0.6 is 11.6 Å². The van der Waals surface area contributed by atoms with Gasteiger partial charge in [-0.05, 0) is 30.3 Å². The third kappa shape index (κ3) is 2.97. The average Bonchev–Trinajstić information content (AvgIpc) is 2.43. The summed E-state index contributed by atoms with van der Waals surface area (Å²) in [7, 11) is 0. The number of benzene rings is 1. The highest BCUT2D eigenvalue weighted by molar-refractivity contribution is 6.31. The maximum absolute atomic E-state index is 13.0. The van der Waals surface area contributed by atoms with Crippen LogP contribution in [0.15, 0.2) is 36.5 Å². The SMILES string of the molecule is O=C(NF)c1cccnc1Nc1ccc(F)c(Cl)c1. The molecule has 1 aromatic heterocycles. The topological polar surface area (TPSA) is 54.0 Å². The van der Waals surface area contributed by atoms with Crippen molar-refractivity contribution >= 4 is 29.0 Å². The van der Waals surface area contributed by atoms with Crippen molar-refractivity contribution in [3.05, 3.63) is 52.9 Å². The lowest BCUT2D eigenvalue weighted by Crippen LogP contribution is -2.16. The Morgan fingerprint density at radius 2 is 2.11 bits per heavy atom. The largest absolute Gasteiger partial charge is 0.340 e. The number of nitrogens with zero attached hydrogens (tertiary/aromatic N) is 1. The molecule has 2 N–H and O–H groups in total. The molecular formula is C12H8ClF2N3O. The minimum atomic E-state index is -0.927. The van der Waals surface area contributed by atoms with E-state index in [1.54, 1.807) is 0 Å². The lowest BCUT2D eigenvalue weighted by Gasteiger charge is -2.09. The standard InChI is InChI=1S/C12H8ClF2N3O/c13-9-6-7(3-4-10(9)14)17-11-8(12(19)18-15)2-1-5-16-11/h1-6H,(H,16,17)(H,18,19). The van der Waals surface area contributed by atoms with Gasteiger partial charge in [-0.1, -0.05) is 16.1 Å². The van der Waals surface area contributed by atoms with Gasteiger partial charge < -0.3 is 5.32 Å². The molecule has 0 unspecified atom stereocenters. The van der Waals surface area contributed by atoms with E-state index in [1.807, 2.05) is 0 Å². The van der Waals surface area contributed by atoms with Gasteiger partial charge in [-0.15, -0.1) is 0 Å². The van der Waals surface area contributed by atoms with Gasteiger partial charge in [0.2, 0.25) is 0 Å². The molecule has 0 atom stereocenters. The maximum atomic E-state index is 13.0. The van der Waals surface area contributed by atoms with Crippen molar-refractivity contribution in [3.63, 3.8) is 0 Å². The molecule has 2 rings (SSSR count). The van der Waals surface area contributed by atoms with E-state index in [2.05, 4.69) is 10.3 Å². The predicted octanol–water partition coefficient (Wildman–Crippen LogP) is 3.23. The fraction of sp³-hybridized carbons (Fsp3) is 0. The van der Waals surface area contributed by atoms with Crippen LogP contribution in [-0.2, 0) is 0 Å². The molecule has 0 aliphatic heterocycles. The van der Waals surface area contributed by atoms with Crippen LogP contribution < -0.4 is 10.9 Å². The molecule has 98 valence electrons. The number of aromatic nitrogens is 1. The summed E-state index contributed by atoms with van der Waals surface area (Å²) in [6.45, 7) is 0. The first-order chi connectivity index (χ1) is 9.11. The van der Waals surface area contributed by atoms with Crippen molar-refractivity contribution in [1.29, 1.82) is 0 Å². The normalized spacial score (nSPS) is 10.1. The Balaban J connectivity index is 2.32. The number of carbonyl (C=O) groups excluding carboxylic acids is 1. The van der Waals surface area contributed by atoms with Crippen molar-refractivity contribution in [3.8, 4) is 0 Å². The molecule has 1 heterocycles. The van der Waals surface area contributed by atoms with Crippen LogP contribution in [0.1, 0.15) is 10.4 Å². The molecule has 1 amide bonds. The minimum Gasteiger partial charge on any atom is -0.340 e. The third-order valence-corrected chi connectivity index (χ3v) is 2.61. The number of hydrogen-bond acceptors (Lipinski definition) is 3. The van der Waals surface area contributed by atoms with Gasteiger partial charge in [0, 0.05) is 11.9 Å². The van der Waals surface area contributed by atoms with Gasteiger partial charge in [-0.3, -0.25) is 4.79 Å². The Morgan fingerprint density at radius 3 is 2.79 bits per heavy atom. The summed E-state index contributed by atoms with van der Waals surface area (Å²) in [5, 5.41) is 2.69. The molecular weight excluding hydrogens is 276 g/mol. The van der Waals surface area contributed by atoms with E-state index in [4.69, 9.17) is 11.6 Å². The summed E-state index contributed by atoms with van der Waals surface area (Å²) < 4.78 is 25.2. The second kappa shape index (κ2) is 5.62. The van der Waals surface area contributed by atoms with Crippen molar-refractivity contribution in [2.24, 2.45) is 0 Å². The summed E-state index contributed by atoms with van der Waals surface area (Å²) in [5.74, 6) is -1.35. The van der Waals surface area contributed by atoms with Crippen molar-refractivity contribution in [2.75, 3.05) is 5.32 Å². The van der Waals surface area contributed by atoms with Crippen LogP contribution in [0.3, 0.4) is 0 Å². The van der Waals surface area contributed by atoms with Gasteiger partial charge in [-0.25, -0.2) is 9.37 Å².